The number of likely N-dealkylation sites (tertiary alicyclic amines) is 1. The second-order valence-corrected chi connectivity index (χ2v) is 15.5. The minimum Gasteiger partial charge on any atom is -0.497 e. The van der Waals surface area contributed by atoms with Crippen LogP contribution < -0.4 is 19.7 Å². The largest absolute Gasteiger partial charge is 0.497 e. The molecule has 4 aromatic rings. The minimum atomic E-state index is -1.06. The summed E-state index contributed by atoms with van der Waals surface area (Å²) in [5, 5.41) is 3.27. The fourth-order valence-electron chi connectivity index (χ4n) is 7.93. The Bertz CT molecular complexity index is 2020. The fourth-order valence-corrected chi connectivity index (χ4v) is 8.93. The molecule has 2 unspecified atom stereocenters. The highest BCUT2D eigenvalue weighted by molar-refractivity contribution is 7.21. The highest BCUT2D eigenvalue weighted by Gasteiger charge is 2.47. The lowest BCUT2D eigenvalue weighted by molar-refractivity contribution is -0.137. The molecule has 3 aliphatic heterocycles. The van der Waals surface area contributed by atoms with Crippen LogP contribution in [0.4, 0.5) is 5.69 Å². The van der Waals surface area contributed by atoms with Crippen molar-refractivity contribution < 1.29 is 33.4 Å². The van der Waals surface area contributed by atoms with Gasteiger partial charge >= 0.3 is 0 Å². The van der Waals surface area contributed by atoms with E-state index < -0.39 is 17.7 Å². The number of ether oxygens (including phenoxy) is 3. The van der Waals surface area contributed by atoms with Gasteiger partial charge in [-0.1, -0.05) is 0 Å². The van der Waals surface area contributed by atoms with Gasteiger partial charge in [-0.15, -0.1) is 11.3 Å². The highest BCUT2D eigenvalue weighted by atomic mass is 32.1. The number of carbonyl (C=O) groups is 4. The molecule has 1 aromatic heterocycles. The molecule has 0 spiro atoms. The zero-order valence-electron chi connectivity index (χ0n) is 29.9. The van der Waals surface area contributed by atoms with Gasteiger partial charge in [0.05, 0.1) is 48.0 Å². The van der Waals surface area contributed by atoms with Crippen LogP contribution in [0.3, 0.4) is 0 Å². The molecular weight excluding hydrogens is 693 g/mol. The topological polar surface area (TPSA) is 127 Å². The Morgan fingerprint density at radius 1 is 0.830 bits per heavy atom. The van der Waals surface area contributed by atoms with Crippen molar-refractivity contribution in [2.45, 2.75) is 57.2 Å². The number of nitrogens with zero attached hydrogens (tertiary/aromatic N) is 3. The van der Waals surface area contributed by atoms with Crippen LogP contribution in [-0.2, 0) is 14.3 Å². The minimum absolute atomic E-state index is 0.132. The van der Waals surface area contributed by atoms with Crippen LogP contribution in [-0.4, -0.2) is 91.9 Å². The molecule has 12 heteroatoms. The standard InChI is InChI=1S/C41H44N4O7S/c1-50-28-10-13-34-35(22-28)53-41(42-34)25-5-7-26(8-6-25)45-23-30(24-45)52-27-15-18-44(19-16-27)17-3-2-4-20-51-29-9-11-31-33(21-29)39(48)37(38(31)47)32-12-14-36(46)43-40(32)49/h5-11,13,21-22,27,30,32,37H,2-4,12,14-20,23-24H2,1H3,(H,43,46,49). The van der Waals surface area contributed by atoms with Gasteiger partial charge in [-0.05, 0) is 106 Å². The molecule has 2 amide bonds. The number of methoxy groups -OCH3 is 1. The average molecular weight is 737 g/mol. The summed E-state index contributed by atoms with van der Waals surface area (Å²) in [6.07, 6.45) is 6.07. The molecule has 0 radical (unpaired) electrons. The van der Waals surface area contributed by atoms with Crippen molar-refractivity contribution in [3.05, 3.63) is 71.8 Å². The Kier molecular flexibility index (Phi) is 10.3. The molecule has 1 aliphatic carbocycles. The number of ketones is 2. The third kappa shape index (κ3) is 7.58. The van der Waals surface area contributed by atoms with Crippen molar-refractivity contribution in [3.8, 4) is 22.1 Å². The van der Waals surface area contributed by atoms with Gasteiger partial charge in [-0.2, -0.15) is 0 Å². The molecule has 276 valence electrons. The van der Waals surface area contributed by atoms with Crippen LogP contribution in [0.25, 0.3) is 20.8 Å². The Hall–Kier alpha value is -4.65. The van der Waals surface area contributed by atoms with Gasteiger partial charge in [-0.25, -0.2) is 4.98 Å². The summed E-state index contributed by atoms with van der Waals surface area (Å²) in [6, 6.07) is 19.6. The Labute approximate surface area is 312 Å². The molecule has 8 rings (SSSR count). The summed E-state index contributed by atoms with van der Waals surface area (Å²) in [6.45, 7) is 5.53. The second kappa shape index (κ2) is 15.4. The predicted molar refractivity (Wildman–Crippen MR) is 202 cm³/mol. The Morgan fingerprint density at radius 2 is 1.60 bits per heavy atom. The number of hydrogen-bond acceptors (Lipinski definition) is 11. The molecule has 3 saturated heterocycles. The fraction of sp³-hybridized carbons (Fsp3) is 0.439. The molecule has 11 nitrogen and oxygen atoms in total. The maximum Gasteiger partial charge on any atom is 0.230 e. The van der Waals surface area contributed by atoms with Crippen molar-refractivity contribution in [1.29, 1.82) is 0 Å². The summed E-state index contributed by atoms with van der Waals surface area (Å²) in [7, 11) is 1.68. The number of carbonyl (C=O) groups excluding carboxylic acids is 4. The Morgan fingerprint density at radius 3 is 2.38 bits per heavy atom. The number of Topliss-reactive ketones (excluding diaryl/α,β-unsaturated/α-hetero) is 2. The Balaban J connectivity index is 0.703. The maximum absolute atomic E-state index is 13.1. The van der Waals surface area contributed by atoms with Crippen LogP contribution >= 0.6 is 11.3 Å². The molecule has 4 aliphatic rings. The highest BCUT2D eigenvalue weighted by Crippen LogP contribution is 2.37. The second-order valence-electron chi connectivity index (χ2n) is 14.5. The van der Waals surface area contributed by atoms with Crippen LogP contribution in [0.1, 0.15) is 65.7 Å². The van der Waals surface area contributed by atoms with Gasteiger partial charge in [-0.3, -0.25) is 24.5 Å². The number of fused-ring (bicyclic) bond motifs is 2. The van der Waals surface area contributed by atoms with Crippen molar-refractivity contribution in [1.82, 2.24) is 15.2 Å². The number of unbranched alkanes of at least 4 members (excludes halogenated alkanes) is 2. The lowest BCUT2D eigenvalue weighted by Crippen LogP contribution is -2.54. The number of thiazole rings is 1. The van der Waals surface area contributed by atoms with E-state index in [1.54, 1.807) is 36.6 Å². The summed E-state index contributed by atoms with van der Waals surface area (Å²) < 4.78 is 18.9. The monoisotopic (exact) mass is 736 g/mol. The first-order valence-electron chi connectivity index (χ1n) is 18.7. The van der Waals surface area contributed by atoms with Crippen molar-refractivity contribution in [3.63, 3.8) is 0 Å². The third-order valence-corrected chi connectivity index (χ3v) is 12.1. The van der Waals surface area contributed by atoms with E-state index in [2.05, 4.69) is 39.4 Å². The molecule has 3 aromatic carbocycles. The summed E-state index contributed by atoms with van der Waals surface area (Å²) in [4.78, 5) is 59.7. The van der Waals surface area contributed by atoms with E-state index in [1.807, 2.05) is 18.2 Å². The van der Waals surface area contributed by atoms with E-state index in [-0.39, 0.29) is 36.4 Å². The molecule has 4 heterocycles. The molecule has 1 N–H and O–H groups in total. The number of aromatic nitrogens is 1. The molecule has 3 fully saturated rings. The van der Waals surface area contributed by atoms with Crippen LogP contribution in [0.2, 0.25) is 0 Å². The van der Waals surface area contributed by atoms with E-state index in [1.165, 1.54) is 5.69 Å². The number of benzene rings is 3. The number of hydrogen-bond donors (Lipinski definition) is 1. The molecule has 0 saturated carbocycles. The van der Waals surface area contributed by atoms with E-state index in [0.717, 1.165) is 91.4 Å². The van der Waals surface area contributed by atoms with E-state index in [9.17, 15) is 19.2 Å². The zero-order valence-corrected chi connectivity index (χ0v) is 30.7. The third-order valence-electron chi connectivity index (χ3n) is 11.0. The first kappa shape index (κ1) is 35.4. The summed E-state index contributed by atoms with van der Waals surface area (Å²) in [5.41, 5.74) is 3.96. The van der Waals surface area contributed by atoms with E-state index in [0.29, 0.717) is 29.6 Å². The molecular formula is C41H44N4O7S. The molecule has 2 atom stereocenters. The average Bonchev–Trinajstić information content (AvgIpc) is 3.69. The number of piperidine rings is 2. The van der Waals surface area contributed by atoms with Crippen molar-refractivity contribution in [2.24, 2.45) is 11.8 Å². The number of rotatable bonds is 13. The van der Waals surface area contributed by atoms with Crippen molar-refractivity contribution >= 4 is 50.6 Å². The zero-order chi connectivity index (χ0) is 36.5. The summed E-state index contributed by atoms with van der Waals surface area (Å²) >= 11 is 1.68. The predicted octanol–water partition coefficient (Wildman–Crippen LogP) is 5.94. The molecule has 0 bridgehead atoms. The van der Waals surface area contributed by atoms with Gasteiger partial charge in [0.2, 0.25) is 11.8 Å². The van der Waals surface area contributed by atoms with Gasteiger partial charge in [0.1, 0.15) is 16.5 Å². The number of anilines is 1. The summed E-state index contributed by atoms with van der Waals surface area (Å²) in [5.74, 6) is -2.10. The van der Waals surface area contributed by atoms with E-state index in [4.69, 9.17) is 19.2 Å². The smallest absolute Gasteiger partial charge is 0.230 e. The van der Waals surface area contributed by atoms with E-state index >= 15 is 0 Å². The first-order chi connectivity index (χ1) is 25.8. The normalized spacial score (nSPS) is 21.2. The quantitative estimate of drug-likeness (QED) is 0.100. The van der Waals surface area contributed by atoms with Gasteiger partial charge in [0.15, 0.2) is 11.6 Å². The molecule has 53 heavy (non-hydrogen) atoms. The maximum atomic E-state index is 13.1. The van der Waals surface area contributed by atoms with Crippen molar-refractivity contribution in [2.75, 3.05) is 51.3 Å². The van der Waals surface area contributed by atoms with Gasteiger partial charge in [0.25, 0.3) is 0 Å². The number of amides is 2. The van der Waals surface area contributed by atoms with Crippen LogP contribution in [0.5, 0.6) is 11.5 Å². The van der Waals surface area contributed by atoms with Gasteiger partial charge < -0.3 is 24.0 Å². The van der Waals surface area contributed by atoms with Crippen LogP contribution in [0.15, 0.2) is 60.7 Å². The lowest BCUT2D eigenvalue weighted by Gasteiger charge is -2.43. The lowest BCUT2D eigenvalue weighted by atomic mass is 9.82. The van der Waals surface area contributed by atoms with Crippen LogP contribution in [0, 0.1) is 11.8 Å². The number of nitrogens with one attached hydrogen (secondary N) is 1. The SMILES string of the molecule is COc1ccc2nc(-c3ccc(N4CC(OC5CCN(CCCCCOc6ccc7c(c6)C(=O)C(C6CCC(=O)NC6=O)C7=O)CC5)C4)cc3)sc2c1. The first-order valence-corrected chi connectivity index (χ1v) is 19.5. The van der Waals surface area contributed by atoms with Gasteiger partial charge in [0, 0.05) is 55.0 Å². The number of imide groups is 1.